The summed E-state index contributed by atoms with van der Waals surface area (Å²) in [5.41, 5.74) is 4.92. The quantitative estimate of drug-likeness (QED) is 0.466. The van der Waals surface area contributed by atoms with E-state index in [-0.39, 0.29) is 6.10 Å². The van der Waals surface area contributed by atoms with Gasteiger partial charge in [-0.3, -0.25) is 4.99 Å². The smallest absolute Gasteiger partial charge is 0.188 e. The first-order valence-corrected chi connectivity index (χ1v) is 5.91. The van der Waals surface area contributed by atoms with Crippen molar-refractivity contribution in [2.24, 2.45) is 10.7 Å². The Balaban J connectivity index is 2.22. The maximum Gasteiger partial charge on any atom is 0.188 e. The van der Waals surface area contributed by atoms with Gasteiger partial charge in [0.2, 0.25) is 0 Å². The SMILES string of the molecule is CCC(C)(O)CN=C(N)NCC1CCCO1. The largest absolute Gasteiger partial charge is 0.388 e. The van der Waals surface area contributed by atoms with Crippen molar-refractivity contribution in [3.05, 3.63) is 0 Å². The van der Waals surface area contributed by atoms with Crippen molar-refractivity contribution in [2.75, 3.05) is 19.7 Å². The fourth-order valence-corrected chi connectivity index (χ4v) is 1.45. The lowest BCUT2D eigenvalue weighted by Gasteiger charge is -2.19. The summed E-state index contributed by atoms with van der Waals surface area (Å²) in [5, 5.41) is 12.7. The lowest BCUT2D eigenvalue weighted by atomic mass is 10.1. The summed E-state index contributed by atoms with van der Waals surface area (Å²) in [5.74, 6) is 0.379. The second-order valence-corrected chi connectivity index (χ2v) is 4.57. The molecule has 0 aromatic carbocycles. The molecule has 1 heterocycles. The van der Waals surface area contributed by atoms with E-state index in [4.69, 9.17) is 10.5 Å². The van der Waals surface area contributed by atoms with Crippen LogP contribution in [-0.4, -0.2) is 42.5 Å². The van der Waals surface area contributed by atoms with Crippen molar-refractivity contribution >= 4 is 5.96 Å². The van der Waals surface area contributed by atoms with Crippen LogP contribution in [0.15, 0.2) is 4.99 Å². The van der Waals surface area contributed by atoms with Crippen LogP contribution in [0.2, 0.25) is 0 Å². The Bertz CT molecular complexity index is 235. The van der Waals surface area contributed by atoms with Gasteiger partial charge in [-0.15, -0.1) is 0 Å². The molecule has 0 radical (unpaired) electrons. The Morgan fingerprint density at radius 3 is 3.00 bits per heavy atom. The molecule has 1 aliphatic rings. The molecule has 0 bridgehead atoms. The number of aliphatic hydroxyl groups is 1. The van der Waals surface area contributed by atoms with Gasteiger partial charge in [0.15, 0.2) is 5.96 Å². The first-order valence-electron chi connectivity index (χ1n) is 5.91. The van der Waals surface area contributed by atoms with Crippen LogP contribution < -0.4 is 11.1 Å². The molecule has 2 atom stereocenters. The van der Waals surface area contributed by atoms with Gasteiger partial charge in [0.1, 0.15) is 0 Å². The zero-order valence-electron chi connectivity index (χ0n) is 10.2. The molecule has 0 spiro atoms. The van der Waals surface area contributed by atoms with Crippen LogP contribution in [0.5, 0.6) is 0 Å². The van der Waals surface area contributed by atoms with Gasteiger partial charge in [-0.05, 0) is 26.2 Å². The third-order valence-corrected chi connectivity index (χ3v) is 2.89. The average Bonchev–Trinajstić information content (AvgIpc) is 2.76. The van der Waals surface area contributed by atoms with Crippen molar-refractivity contribution in [1.29, 1.82) is 0 Å². The molecule has 1 rings (SSSR count). The minimum Gasteiger partial charge on any atom is -0.388 e. The molecule has 5 nitrogen and oxygen atoms in total. The Labute approximate surface area is 97.1 Å². The molecule has 1 aliphatic heterocycles. The molecule has 4 N–H and O–H groups in total. The number of hydrogen-bond donors (Lipinski definition) is 3. The summed E-state index contributed by atoms with van der Waals surface area (Å²) >= 11 is 0. The lowest BCUT2D eigenvalue weighted by Crippen LogP contribution is -2.38. The number of hydrogen-bond acceptors (Lipinski definition) is 3. The summed E-state index contributed by atoms with van der Waals surface area (Å²) in [4.78, 5) is 4.11. The Morgan fingerprint density at radius 1 is 1.69 bits per heavy atom. The van der Waals surface area contributed by atoms with Crippen LogP contribution >= 0.6 is 0 Å². The number of guanidine groups is 1. The lowest BCUT2D eigenvalue weighted by molar-refractivity contribution is 0.0656. The molecule has 0 saturated carbocycles. The molecule has 2 unspecified atom stereocenters. The van der Waals surface area contributed by atoms with Crippen LogP contribution in [0.3, 0.4) is 0 Å². The van der Waals surface area contributed by atoms with E-state index in [1.165, 1.54) is 0 Å². The fraction of sp³-hybridized carbons (Fsp3) is 0.909. The van der Waals surface area contributed by atoms with Gasteiger partial charge in [-0.2, -0.15) is 0 Å². The summed E-state index contributed by atoms with van der Waals surface area (Å²) < 4.78 is 5.45. The molecule has 0 aromatic heterocycles. The maximum absolute atomic E-state index is 9.74. The summed E-state index contributed by atoms with van der Waals surface area (Å²) in [6.45, 7) is 5.54. The van der Waals surface area contributed by atoms with Crippen LogP contribution in [0.1, 0.15) is 33.1 Å². The van der Waals surface area contributed by atoms with Gasteiger partial charge >= 0.3 is 0 Å². The van der Waals surface area contributed by atoms with Gasteiger partial charge in [0, 0.05) is 13.2 Å². The second kappa shape index (κ2) is 6.06. The first kappa shape index (κ1) is 13.3. The zero-order valence-corrected chi connectivity index (χ0v) is 10.2. The Morgan fingerprint density at radius 2 is 2.44 bits per heavy atom. The molecule has 0 aromatic rings. The highest BCUT2D eigenvalue weighted by Gasteiger charge is 2.17. The molecule has 0 amide bonds. The predicted octanol–water partition coefficient (Wildman–Crippen LogP) is 0.231. The second-order valence-electron chi connectivity index (χ2n) is 4.57. The molecular weight excluding hydrogens is 206 g/mol. The average molecular weight is 229 g/mol. The van der Waals surface area contributed by atoms with Gasteiger partial charge in [0.05, 0.1) is 18.2 Å². The van der Waals surface area contributed by atoms with Crippen LogP contribution in [0, 0.1) is 0 Å². The van der Waals surface area contributed by atoms with Crippen LogP contribution in [0.4, 0.5) is 0 Å². The van der Waals surface area contributed by atoms with Gasteiger partial charge in [-0.25, -0.2) is 0 Å². The molecule has 0 aliphatic carbocycles. The number of ether oxygens (including phenoxy) is 1. The van der Waals surface area contributed by atoms with Crippen molar-refractivity contribution in [3.63, 3.8) is 0 Å². The molecule has 94 valence electrons. The highest BCUT2D eigenvalue weighted by atomic mass is 16.5. The third kappa shape index (κ3) is 4.81. The van der Waals surface area contributed by atoms with E-state index in [0.717, 1.165) is 19.4 Å². The highest BCUT2D eigenvalue weighted by molar-refractivity contribution is 5.77. The van der Waals surface area contributed by atoms with E-state index in [1.807, 2.05) is 6.92 Å². The van der Waals surface area contributed by atoms with Gasteiger partial charge < -0.3 is 20.9 Å². The number of nitrogens with zero attached hydrogens (tertiary/aromatic N) is 1. The summed E-state index contributed by atoms with van der Waals surface area (Å²) in [6.07, 6.45) is 3.11. The molecule has 5 heteroatoms. The topological polar surface area (TPSA) is 79.9 Å². The zero-order chi connectivity index (χ0) is 12.0. The van der Waals surface area contributed by atoms with Crippen molar-refractivity contribution < 1.29 is 9.84 Å². The van der Waals surface area contributed by atoms with Gasteiger partial charge in [-0.1, -0.05) is 6.92 Å². The van der Waals surface area contributed by atoms with E-state index < -0.39 is 5.60 Å². The van der Waals surface area contributed by atoms with E-state index in [9.17, 15) is 5.11 Å². The molecule has 1 fully saturated rings. The number of rotatable bonds is 5. The fourth-order valence-electron chi connectivity index (χ4n) is 1.45. The van der Waals surface area contributed by atoms with Crippen molar-refractivity contribution in [1.82, 2.24) is 5.32 Å². The monoisotopic (exact) mass is 229 g/mol. The normalized spacial score (nSPS) is 25.4. The summed E-state index contributed by atoms with van der Waals surface area (Å²) in [6, 6.07) is 0. The minimum atomic E-state index is -0.768. The summed E-state index contributed by atoms with van der Waals surface area (Å²) in [7, 11) is 0. The number of nitrogens with one attached hydrogen (secondary N) is 1. The van der Waals surface area contributed by atoms with Crippen LogP contribution in [0.25, 0.3) is 0 Å². The Hall–Kier alpha value is -0.810. The number of aliphatic imine (C=N–C) groups is 1. The maximum atomic E-state index is 9.74. The molecule has 1 saturated heterocycles. The van der Waals surface area contributed by atoms with E-state index >= 15 is 0 Å². The van der Waals surface area contributed by atoms with Crippen molar-refractivity contribution in [3.8, 4) is 0 Å². The van der Waals surface area contributed by atoms with Crippen molar-refractivity contribution in [2.45, 2.75) is 44.8 Å². The third-order valence-electron chi connectivity index (χ3n) is 2.89. The Kier molecular flexibility index (Phi) is 5.02. The highest BCUT2D eigenvalue weighted by Crippen LogP contribution is 2.10. The van der Waals surface area contributed by atoms with E-state index in [2.05, 4.69) is 10.3 Å². The molecule has 16 heavy (non-hydrogen) atoms. The van der Waals surface area contributed by atoms with E-state index in [1.54, 1.807) is 6.92 Å². The first-order chi connectivity index (χ1) is 7.53. The molecular formula is C11H23N3O2. The van der Waals surface area contributed by atoms with Crippen LogP contribution in [-0.2, 0) is 4.74 Å². The minimum absolute atomic E-state index is 0.250. The predicted molar refractivity (Wildman–Crippen MR) is 64.4 cm³/mol. The standard InChI is InChI=1S/C11H23N3O2/c1-3-11(2,15)8-14-10(12)13-7-9-5-4-6-16-9/h9,15H,3-8H2,1-2H3,(H3,12,13,14). The number of nitrogens with two attached hydrogens (primary N) is 1. The van der Waals surface area contributed by atoms with E-state index in [0.29, 0.717) is 25.5 Å². The van der Waals surface area contributed by atoms with Gasteiger partial charge in [0.25, 0.3) is 0 Å².